The van der Waals surface area contributed by atoms with Crippen molar-refractivity contribution in [2.24, 2.45) is 0 Å². The summed E-state index contributed by atoms with van der Waals surface area (Å²) in [6, 6.07) is 6.24. The van der Waals surface area contributed by atoms with E-state index in [1.54, 1.807) is 12.1 Å². The average Bonchev–Trinajstić information content (AvgIpc) is 2.80. The van der Waals surface area contributed by atoms with Gasteiger partial charge in [-0.15, -0.1) is 0 Å². The molecule has 1 aliphatic rings. The predicted octanol–water partition coefficient (Wildman–Crippen LogP) is 3.44. The zero-order valence-electron chi connectivity index (χ0n) is 14.8. The van der Waals surface area contributed by atoms with Crippen LogP contribution in [0.5, 0.6) is 0 Å². The Morgan fingerprint density at radius 2 is 1.84 bits per heavy atom. The van der Waals surface area contributed by atoms with E-state index in [0.717, 1.165) is 55.8 Å². The van der Waals surface area contributed by atoms with Gasteiger partial charge in [0.1, 0.15) is 11.6 Å². The molecular weight excluding hydrogens is 317 g/mol. The highest BCUT2D eigenvalue weighted by Crippen LogP contribution is 2.33. The van der Waals surface area contributed by atoms with Gasteiger partial charge in [0.2, 0.25) is 0 Å². The lowest BCUT2D eigenvalue weighted by Gasteiger charge is -2.27. The molecule has 1 atom stereocenters. The first-order chi connectivity index (χ1) is 12.1. The van der Waals surface area contributed by atoms with E-state index in [-0.39, 0.29) is 5.82 Å². The van der Waals surface area contributed by atoms with Crippen LogP contribution < -0.4 is 0 Å². The summed E-state index contributed by atoms with van der Waals surface area (Å²) in [6.07, 6.45) is 8.03. The Balaban J connectivity index is 1.62. The molecule has 1 aromatic heterocycles. The molecule has 1 fully saturated rings. The van der Waals surface area contributed by atoms with Gasteiger partial charge in [0.15, 0.2) is 0 Å². The van der Waals surface area contributed by atoms with Crippen molar-refractivity contribution in [2.75, 3.05) is 13.1 Å². The fourth-order valence-electron chi connectivity index (χ4n) is 3.46. The zero-order valence-corrected chi connectivity index (χ0v) is 14.8. The largest absolute Gasteiger partial charge is 0.385 e. The van der Waals surface area contributed by atoms with E-state index in [1.807, 2.05) is 12.4 Å². The summed E-state index contributed by atoms with van der Waals surface area (Å²) in [6.45, 7) is 4.65. The number of hydrogen-bond donors (Lipinski definition) is 1. The summed E-state index contributed by atoms with van der Waals surface area (Å²) in [7, 11) is 0. The van der Waals surface area contributed by atoms with Gasteiger partial charge in [0.25, 0.3) is 0 Å². The first-order valence-corrected chi connectivity index (χ1v) is 9.09. The van der Waals surface area contributed by atoms with Crippen molar-refractivity contribution in [1.82, 2.24) is 14.9 Å². The first kappa shape index (κ1) is 18.0. The predicted molar refractivity (Wildman–Crippen MR) is 95.5 cm³/mol. The van der Waals surface area contributed by atoms with E-state index in [9.17, 15) is 9.50 Å². The Labute approximate surface area is 148 Å². The van der Waals surface area contributed by atoms with Crippen LogP contribution in [-0.4, -0.2) is 33.1 Å². The number of rotatable bonds is 5. The molecule has 134 valence electrons. The molecule has 3 rings (SSSR count). The van der Waals surface area contributed by atoms with Crippen LogP contribution in [0.15, 0.2) is 36.7 Å². The molecule has 25 heavy (non-hydrogen) atoms. The third-order valence-electron chi connectivity index (χ3n) is 4.93. The summed E-state index contributed by atoms with van der Waals surface area (Å²) in [5, 5.41) is 11.0. The van der Waals surface area contributed by atoms with Crippen LogP contribution in [0.25, 0.3) is 0 Å². The molecule has 1 aliphatic heterocycles. The highest BCUT2D eigenvalue weighted by atomic mass is 19.1. The number of likely N-dealkylation sites (tertiary alicyclic amines) is 1. The quantitative estimate of drug-likeness (QED) is 0.903. The zero-order chi connectivity index (χ0) is 17.7. The van der Waals surface area contributed by atoms with Crippen molar-refractivity contribution in [3.8, 4) is 0 Å². The molecule has 1 aromatic carbocycles. The molecule has 2 aromatic rings. The number of benzene rings is 1. The number of aliphatic hydroxyl groups is 1. The van der Waals surface area contributed by atoms with Gasteiger partial charge in [-0.2, -0.15) is 0 Å². The smallest absolute Gasteiger partial charge is 0.128 e. The topological polar surface area (TPSA) is 49.2 Å². The molecule has 0 unspecified atom stereocenters. The van der Waals surface area contributed by atoms with Crippen molar-refractivity contribution in [2.45, 2.75) is 51.2 Å². The number of halogens is 1. The first-order valence-electron chi connectivity index (χ1n) is 9.09. The minimum Gasteiger partial charge on any atom is -0.385 e. The Morgan fingerprint density at radius 3 is 2.52 bits per heavy atom. The second-order valence-corrected chi connectivity index (χ2v) is 6.93. The molecule has 0 radical (unpaired) electrons. The van der Waals surface area contributed by atoms with Crippen LogP contribution >= 0.6 is 0 Å². The Kier molecular flexibility index (Phi) is 5.76. The van der Waals surface area contributed by atoms with E-state index in [1.165, 1.54) is 12.1 Å². The molecule has 2 heterocycles. The number of aromatic nitrogens is 2. The molecule has 4 nitrogen and oxygen atoms in total. The molecule has 1 N–H and O–H groups in total. The van der Waals surface area contributed by atoms with E-state index in [4.69, 9.17) is 0 Å². The van der Waals surface area contributed by atoms with Gasteiger partial charge in [-0.25, -0.2) is 14.4 Å². The van der Waals surface area contributed by atoms with Crippen LogP contribution in [0.3, 0.4) is 0 Å². The van der Waals surface area contributed by atoms with Crippen molar-refractivity contribution in [1.29, 1.82) is 0 Å². The molecule has 1 saturated heterocycles. The van der Waals surface area contributed by atoms with Gasteiger partial charge in [0, 0.05) is 37.5 Å². The summed E-state index contributed by atoms with van der Waals surface area (Å²) in [4.78, 5) is 11.2. The van der Waals surface area contributed by atoms with Crippen molar-refractivity contribution >= 4 is 0 Å². The summed E-state index contributed by atoms with van der Waals surface area (Å²) in [5.41, 5.74) is 1.04. The molecule has 0 bridgehead atoms. The van der Waals surface area contributed by atoms with Crippen molar-refractivity contribution in [3.05, 3.63) is 59.4 Å². The SMILES string of the molecule is CCCc1ncc(CN2CCC[C@](O)(c3ccc(F)cc3)CC2)cn1. The lowest BCUT2D eigenvalue weighted by Crippen LogP contribution is -2.29. The van der Waals surface area contributed by atoms with Crippen LogP contribution in [0, 0.1) is 5.82 Å². The maximum absolute atomic E-state index is 13.1. The standard InChI is InChI=1S/C20H26FN3O/c1-2-4-19-22-13-16(14-23-19)15-24-11-3-9-20(25,10-12-24)17-5-7-18(21)8-6-17/h5-8,13-14,25H,2-4,9-12,15H2,1H3/t20-/m1/s1. The Morgan fingerprint density at radius 1 is 1.12 bits per heavy atom. The number of hydrogen-bond acceptors (Lipinski definition) is 4. The Bertz CT molecular complexity index is 674. The fourth-order valence-corrected chi connectivity index (χ4v) is 3.46. The second kappa shape index (κ2) is 8.02. The number of nitrogens with zero attached hydrogens (tertiary/aromatic N) is 3. The normalized spacial score (nSPS) is 21.9. The molecule has 0 spiro atoms. The monoisotopic (exact) mass is 343 g/mol. The summed E-state index contributed by atoms with van der Waals surface area (Å²) in [5.74, 6) is 0.627. The molecule has 0 saturated carbocycles. The van der Waals surface area contributed by atoms with Gasteiger partial charge in [-0.3, -0.25) is 4.90 Å². The van der Waals surface area contributed by atoms with E-state index >= 15 is 0 Å². The number of aryl methyl sites for hydroxylation is 1. The average molecular weight is 343 g/mol. The van der Waals surface area contributed by atoms with Crippen LogP contribution in [0.4, 0.5) is 4.39 Å². The van der Waals surface area contributed by atoms with E-state index in [2.05, 4.69) is 21.8 Å². The van der Waals surface area contributed by atoms with Crippen LogP contribution in [0.2, 0.25) is 0 Å². The van der Waals surface area contributed by atoms with E-state index < -0.39 is 5.60 Å². The van der Waals surface area contributed by atoms with Crippen molar-refractivity contribution < 1.29 is 9.50 Å². The lowest BCUT2D eigenvalue weighted by molar-refractivity contribution is 0.0209. The maximum Gasteiger partial charge on any atom is 0.128 e. The Hall–Kier alpha value is -1.85. The third-order valence-corrected chi connectivity index (χ3v) is 4.93. The van der Waals surface area contributed by atoms with Crippen LogP contribution in [-0.2, 0) is 18.6 Å². The second-order valence-electron chi connectivity index (χ2n) is 6.93. The maximum atomic E-state index is 13.1. The van der Waals surface area contributed by atoms with Gasteiger partial charge in [0.05, 0.1) is 5.60 Å². The van der Waals surface area contributed by atoms with E-state index in [0.29, 0.717) is 12.8 Å². The molecular formula is C20H26FN3O. The minimum absolute atomic E-state index is 0.269. The highest BCUT2D eigenvalue weighted by molar-refractivity contribution is 5.23. The lowest BCUT2D eigenvalue weighted by atomic mass is 9.87. The molecule has 0 aliphatic carbocycles. The highest BCUT2D eigenvalue weighted by Gasteiger charge is 2.31. The van der Waals surface area contributed by atoms with Gasteiger partial charge < -0.3 is 5.11 Å². The minimum atomic E-state index is -0.871. The molecule has 0 amide bonds. The molecule has 5 heteroatoms. The summed E-state index contributed by atoms with van der Waals surface area (Å²) >= 11 is 0. The van der Waals surface area contributed by atoms with Gasteiger partial charge in [-0.05, 0) is 49.9 Å². The third kappa shape index (κ3) is 4.61. The van der Waals surface area contributed by atoms with Crippen molar-refractivity contribution in [3.63, 3.8) is 0 Å². The van der Waals surface area contributed by atoms with Gasteiger partial charge in [-0.1, -0.05) is 19.1 Å². The summed E-state index contributed by atoms with van der Waals surface area (Å²) < 4.78 is 13.1. The van der Waals surface area contributed by atoms with Gasteiger partial charge >= 0.3 is 0 Å². The fraction of sp³-hybridized carbons (Fsp3) is 0.500. The van der Waals surface area contributed by atoms with Crippen LogP contribution in [0.1, 0.15) is 49.6 Å².